The van der Waals surface area contributed by atoms with Crippen LogP contribution in [0.3, 0.4) is 0 Å². The van der Waals surface area contributed by atoms with Gasteiger partial charge in [0.15, 0.2) is 5.82 Å². The number of aryl methyl sites for hydroxylation is 1. The van der Waals surface area contributed by atoms with E-state index in [0.717, 1.165) is 17.1 Å². The largest absolute Gasteiger partial charge is 0.350 e. The molecule has 0 amide bonds. The Morgan fingerprint density at radius 3 is 2.68 bits per heavy atom. The second-order valence-corrected chi connectivity index (χ2v) is 6.64. The first-order chi connectivity index (χ1) is 13.5. The molecule has 0 fully saturated rings. The molecule has 0 radical (unpaired) electrons. The number of hydrogen-bond acceptors (Lipinski definition) is 5. The predicted molar refractivity (Wildman–Crippen MR) is 105 cm³/mol. The van der Waals surface area contributed by atoms with Gasteiger partial charge in [-0.15, -0.1) is 0 Å². The molecule has 0 spiro atoms. The number of rotatable bonds is 5. The summed E-state index contributed by atoms with van der Waals surface area (Å²) in [6.45, 7) is 1.99. The number of aromatic amines is 1. The normalized spacial score (nSPS) is 11.0. The fourth-order valence-corrected chi connectivity index (χ4v) is 2.89. The van der Waals surface area contributed by atoms with Crippen molar-refractivity contribution in [2.75, 3.05) is 10.6 Å². The standard InChI is InChI=1S/C19H15ClF2N6/c1-10-6-17(28-27-10)25-18-14-5-3-12(20)7-16(14)24-19(26-18)23-9-11-2-4-13(21)8-15(11)22/h2-8H,9H2,1H3,(H3,23,24,25,26,27,28). The van der Waals surface area contributed by atoms with Gasteiger partial charge in [-0.3, -0.25) is 5.10 Å². The number of H-pyrrole nitrogens is 1. The first kappa shape index (κ1) is 18.1. The molecular weight excluding hydrogens is 386 g/mol. The van der Waals surface area contributed by atoms with E-state index >= 15 is 0 Å². The summed E-state index contributed by atoms with van der Waals surface area (Å²) in [6, 6.07) is 10.5. The summed E-state index contributed by atoms with van der Waals surface area (Å²) in [5.74, 6) is 0.131. The lowest BCUT2D eigenvalue weighted by atomic mass is 10.2. The minimum atomic E-state index is -0.637. The molecule has 142 valence electrons. The second kappa shape index (κ2) is 7.40. The van der Waals surface area contributed by atoms with Crippen molar-refractivity contribution >= 4 is 40.1 Å². The Labute approximate surface area is 164 Å². The van der Waals surface area contributed by atoms with E-state index in [1.807, 2.05) is 19.1 Å². The molecule has 0 saturated carbocycles. The molecule has 2 aromatic heterocycles. The molecule has 6 nitrogen and oxygen atoms in total. The fourth-order valence-electron chi connectivity index (χ4n) is 2.72. The van der Waals surface area contributed by atoms with E-state index in [9.17, 15) is 8.78 Å². The van der Waals surface area contributed by atoms with Gasteiger partial charge in [0.2, 0.25) is 5.95 Å². The molecule has 0 atom stereocenters. The highest BCUT2D eigenvalue weighted by molar-refractivity contribution is 6.31. The zero-order valence-corrected chi connectivity index (χ0v) is 15.5. The van der Waals surface area contributed by atoms with Crippen LogP contribution in [0.5, 0.6) is 0 Å². The van der Waals surface area contributed by atoms with Crippen LogP contribution in [-0.4, -0.2) is 20.2 Å². The van der Waals surface area contributed by atoms with Gasteiger partial charge < -0.3 is 10.6 Å². The Morgan fingerprint density at radius 2 is 1.93 bits per heavy atom. The number of benzene rings is 2. The summed E-state index contributed by atoms with van der Waals surface area (Å²) in [5, 5.41) is 14.4. The fraction of sp³-hybridized carbons (Fsp3) is 0.105. The van der Waals surface area contributed by atoms with E-state index in [1.165, 1.54) is 12.1 Å². The van der Waals surface area contributed by atoms with Crippen molar-refractivity contribution < 1.29 is 8.78 Å². The molecule has 28 heavy (non-hydrogen) atoms. The lowest BCUT2D eigenvalue weighted by Crippen LogP contribution is -2.07. The van der Waals surface area contributed by atoms with E-state index in [4.69, 9.17) is 11.6 Å². The Morgan fingerprint density at radius 1 is 1.07 bits per heavy atom. The smallest absolute Gasteiger partial charge is 0.225 e. The van der Waals surface area contributed by atoms with Gasteiger partial charge in [-0.25, -0.2) is 13.8 Å². The molecule has 0 unspecified atom stereocenters. The Kier molecular flexibility index (Phi) is 4.79. The maximum Gasteiger partial charge on any atom is 0.225 e. The highest BCUT2D eigenvalue weighted by Gasteiger charge is 2.11. The summed E-state index contributed by atoms with van der Waals surface area (Å²) in [7, 11) is 0. The van der Waals surface area contributed by atoms with Crippen molar-refractivity contribution in [2.45, 2.75) is 13.5 Å². The lowest BCUT2D eigenvalue weighted by Gasteiger charge is -2.11. The first-order valence-corrected chi connectivity index (χ1v) is 8.80. The number of aromatic nitrogens is 4. The van der Waals surface area contributed by atoms with Crippen molar-refractivity contribution in [3.8, 4) is 0 Å². The zero-order chi connectivity index (χ0) is 19.7. The highest BCUT2D eigenvalue weighted by Crippen LogP contribution is 2.27. The minimum Gasteiger partial charge on any atom is -0.350 e. The van der Waals surface area contributed by atoms with Crippen LogP contribution in [0.15, 0.2) is 42.5 Å². The van der Waals surface area contributed by atoms with Crippen LogP contribution in [0.2, 0.25) is 5.02 Å². The van der Waals surface area contributed by atoms with Gasteiger partial charge in [0.1, 0.15) is 17.5 Å². The van der Waals surface area contributed by atoms with Gasteiger partial charge in [-0.2, -0.15) is 10.1 Å². The Bertz CT molecular complexity index is 1160. The first-order valence-electron chi connectivity index (χ1n) is 8.42. The van der Waals surface area contributed by atoms with Gasteiger partial charge in [0, 0.05) is 40.3 Å². The summed E-state index contributed by atoms with van der Waals surface area (Å²) >= 11 is 6.09. The molecule has 4 aromatic rings. The number of nitrogens with zero attached hydrogens (tertiary/aromatic N) is 3. The van der Waals surface area contributed by atoms with Crippen molar-refractivity contribution in [1.82, 2.24) is 20.2 Å². The van der Waals surface area contributed by atoms with Crippen LogP contribution < -0.4 is 10.6 Å². The monoisotopic (exact) mass is 400 g/mol. The Balaban J connectivity index is 1.67. The number of hydrogen-bond donors (Lipinski definition) is 3. The minimum absolute atomic E-state index is 0.0964. The van der Waals surface area contributed by atoms with Crippen LogP contribution in [0.25, 0.3) is 10.9 Å². The molecule has 0 aliphatic carbocycles. The Hall–Kier alpha value is -3.26. The SMILES string of the molecule is Cc1cc(Nc2nc(NCc3ccc(F)cc3F)nc3cc(Cl)ccc23)n[nH]1. The van der Waals surface area contributed by atoms with Crippen LogP contribution in [-0.2, 0) is 6.54 Å². The molecule has 0 aliphatic heterocycles. The average Bonchev–Trinajstić information content (AvgIpc) is 3.05. The van der Waals surface area contributed by atoms with E-state index in [1.54, 1.807) is 12.1 Å². The van der Waals surface area contributed by atoms with E-state index in [2.05, 4.69) is 30.8 Å². The van der Waals surface area contributed by atoms with Gasteiger partial charge in [0.25, 0.3) is 0 Å². The summed E-state index contributed by atoms with van der Waals surface area (Å²) in [5.41, 5.74) is 1.81. The predicted octanol–water partition coefficient (Wildman–Crippen LogP) is 4.95. The van der Waals surface area contributed by atoms with Crippen molar-refractivity contribution in [3.05, 3.63) is 70.4 Å². The molecular formula is C19H15ClF2N6. The van der Waals surface area contributed by atoms with E-state index < -0.39 is 11.6 Å². The third-order valence-corrected chi connectivity index (χ3v) is 4.30. The topological polar surface area (TPSA) is 78.5 Å². The van der Waals surface area contributed by atoms with Gasteiger partial charge in [0.05, 0.1) is 5.52 Å². The summed E-state index contributed by atoms with van der Waals surface area (Å²) < 4.78 is 26.9. The zero-order valence-electron chi connectivity index (χ0n) is 14.7. The number of nitrogens with one attached hydrogen (secondary N) is 3. The molecule has 0 saturated heterocycles. The maximum atomic E-state index is 13.9. The summed E-state index contributed by atoms with van der Waals surface area (Å²) in [4.78, 5) is 8.90. The number of anilines is 3. The van der Waals surface area contributed by atoms with Crippen LogP contribution in [0.1, 0.15) is 11.3 Å². The average molecular weight is 401 g/mol. The van der Waals surface area contributed by atoms with Crippen LogP contribution >= 0.6 is 11.6 Å². The van der Waals surface area contributed by atoms with Crippen LogP contribution in [0.4, 0.5) is 26.4 Å². The van der Waals surface area contributed by atoms with Gasteiger partial charge in [-0.05, 0) is 31.2 Å². The third kappa shape index (κ3) is 3.86. The molecule has 4 rings (SSSR count). The second-order valence-electron chi connectivity index (χ2n) is 6.21. The number of halogens is 3. The molecule has 0 aliphatic rings. The molecule has 0 bridgehead atoms. The van der Waals surface area contributed by atoms with E-state index in [0.29, 0.717) is 27.7 Å². The molecule has 9 heteroatoms. The molecule has 2 heterocycles. The molecule has 2 aromatic carbocycles. The van der Waals surface area contributed by atoms with Crippen molar-refractivity contribution in [3.63, 3.8) is 0 Å². The maximum absolute atomic E-state index is 13.9. The van der Waals surface area contributed by atoms with Gasteiger partial charge >= 0.3 is 0 Å². The quantitative estimate of drug-likeness (QED) is 0.442. The lowest BCUT2D eigenvalue weighted by molar-refractivity contribution is 0.574. The molecule has 3 N–H and O–H groups in total. The van der Waals surface area contributed by atoms with E-state index in [-0.39, 0.29) is 12.5 Å². The third-order valence-electron chi connectivity index (χ3n) is 4.06. The number of fused-ring (bicyclic) bond motifs is 1. The van der Waals surface area contributed by atoms with Crippen LogP contribution in [0, 0.1) is 18.6 Å². The summed E-state index contributed by atoms with van der Waals surface area (Å²) in [6.07, 6.45) is 0. The highest BCUT2D eigenvalue weighted by atomic mass is 35.5. The van der Waals surface area contributed by atoms with Crippen molar-refractivity contribution in [1.29, 1.82) is 0 Å². The van der Waals surface area contributed by atoms with Gasteiger partial charge in [-0.1, -0.05) is 17.7 Å². The van der Waals surface area contributed by atoms with Crippen molar-refractivity contribution in [2.24, 2.45) is 0 Å².